The van der Waals surface area contributed by atoms with Crippen molar-refractivity contribution in [2.75, 3.05) is 91.6 Å². The molecule has 6 unspecified atom stereocenters. The summed E-state index contributed by atoms with van der Waals surface area (Å²) in [5.41, 5.74) is 0.712. The Morgan fingerprint density at radius 3 is 1.24 bits per heavy atom. The van der Waals surface area contributed by atoms with Crippen molar-refractivity contribution in [1.29, 1.82) is 0 Å². The number of amides is 8. The molecule has 1 saturated heterocycles. The second kappa shape index (κ2) is 43.4. The van der Waals surface area contributed by atoms with Gasteiger partial charge in [0.2, 0.25) is 35.4 Å². The molecule has 558 valence electrons. The molecule has 8 amide bonds. The first kappa shape index (κ1) is 83.3. The predicted molar refractivity (Wildman–Crippen MR) is 351 cm³/mol. The van der Waals surface area contributed by atoms with Gasteiger partial charge >= 0.3 is 59.8 Å². The van der Waals surface area contributed by atoms with Gasteiger partial charge in [0, 0.05) is 103 Å². The van der Waals surface area contributed by atoms with Crippen molar-refractivity contribution >= 4 is 106 Å². The van der Waals surface area contributed by atoms with Gasteiger partial charge < -0.3 is 88.5 Å². The van der Waals surface area contributed by atoms with E-state index in [0.717, 1.165) is 10.8 Å². The molecule has 6 atom stereocenters. The molecule has 0 radical (unpaired) electrons. The molecule has 0 bridgehead atoms. The van der Waals surface area contributed by atoms with Crippen LogP contribution in [0.25, 0.3) is 10.8 Å². The topological polar surface area (TPSA) is 564 Å². The maximum absolute atomic E-state index is 14.1. The average Bonchev–Trinajstić information content (AvgIpc) is 0.845. The van der Waals surface area contributed by atoms with Crippen LogP contribution in [0.2, 0.25) is 0 Å². The molecule has 0 aromatic heterocycles. The molecule has 2 fully saturated rings. The SMILES string of the molecule is O=C(O)CCC(NC(=O)NC(CCCCNC(=O)C(Cc1ccc2ccccc2c1)NC(=O)C1CCC(CNC(=O)C(CCC(=O)O)NC(=O)C(CCC(=O)O)NC(=O)C(CCC(=O)O)NC(=O)CN2CCN(CC(=O)O)CCN(CC(=O)O)CCN(CC(=O)O)CC2)CC1)C(=O)O)C(=O)O. The molecule has 1 saturated carbocycles. The lowest BCUT2D eigenvalue weighted by molar-refractivity contribution is -0.141. The van der Waals surface area contributed by atoms with Crippen LogP contribution in [0, 0.1) is 11.8 Å². The summed E-state index contributed by atoms with van der Waals surface area (Å²) in [6, 6.07) is 2.67. The molecule has 2 aromatic carbocycles. The molecule has 1 aliphatic carbocycles. The number of rotatable bonds is 42. The molecule has 1 aliphatic heterocycles. The first-order valence-electron chi connectivity index (χ1n) is 33.0. The zero-order valence-electron chi connectivity index (χ0n) is 55.7. The summed E-state index contributed by atoms with van der Waals surface area (Å²) in [4.78, 5) is 207. The highest BCUT2D eigenvalue weighted by Gasteiger charge is 2.35. The number of carbonyl (C=O) groups is 16. The molecule has 2 aliphatic rings. The van der Waals surface area contributed by atoms with Crippen molar-refractivity contribution in [3.05, 3.63) is 48.0 Å². The number of aliphatic carboxylic acids is 9. The summed E-state index contributed by atoms with van der Waals surface area (Å²) in [7, 11) is 0. The van der Waals surface area contributed by atoms with Gasteiger partial charge in [-0.15, -0.1) is 0 Å². The molecular weight excluding hydrogens is 1340 g/mol. The summed E-state index contributed by atoms with van der Waals surface area (Å²) in [5, 5.41) is 107. The number of carboxylic acid groups (broad SMARTS) is 9. The van der Waals surface area contributed by atoms with Gasteiger partial charge in [0.25, 0.3) is 0 Å². The number of nitrogens with one attached hydrogen (secondary N) is 8. The summed E-state index contributed by atoms with van der Waals surface area (Å²) >= 11 is 0. The second-order valence-corrected chi connectivity index (χ2v) is 24.9. The molecule has 37 nitrogen and oxygen atoms in total. The lowest BCUT2D eigenvalue weighted by Crippen LogP contribution is -2.57. The molecule has 1 heterocycles. The van der Waals surface area contributed by atoms with E-state index in [-0.39, 0.29) is 97.0 Å². The first-order chi connectivity index (χ1) is 47.8. The Morgan fingerprint density at radius 1 is 0.386 bits per heavy atom. The molecule has 101 heavy (non-hydrogen) atoms. The van der Waals surface area contributed by atoms with Crippen molar-refractivity contribution in [3.8, 4) is 0 Å². The Labute approximate surface area is 579 Å². The van der Waals surface area contributed by atoms with E-state index in [4.69, 9.17) is 5.11 Å². The third-order valence-electron chi connectivity index (χ3n) is 17.0. The highest BCUT2D eigenvalue weighted by atomic mass is 16.4. The summed E-state index contributed by atoms with van der Waals surface area (Å²) in [5.74, 6) is -17.9. The van der Waals surface area contributed by atoms with Gasteiger partial charge in [-0.25, -0.2) is 14.4 Å². The lowest BCUT2D eigenvalue weighted by atomic mass is 9.81. The van der Waals surface area contributed by atoms with Crippen LogP contribution in [0.5, 0.6) is 0 Å². The van der Waals surface area contributed by atoms with Crippen molar-refractivity contribution in [2.45, 2.75) is 139 Å². The number of unbranched alkanes of at least 4 members (excludes halogenated alkanes) is 1. The molecule has 17 N–H and O–H groups in total. The minimum Gasteiger partial charge on any atom is -0.481 e. The third kappa shape index (κ3) is 33.1. The second-order valence-electron chi connectivity index (χ2n) is 24.9. The fraction of sp³-hybridized carbons (Fsp3) is 0.594. The quantitative estimate of drug-likeness (QED) is 0.0310. The molecule has 0 spiro atoms. The number of urea groups is 1. The Balaban J connectivity index is 1.40. The van der Waals surface area contributed by atoms with E-state index >= 15 is 0 Å². The molecule has 2 aromatic rings. The van der Waals surface area contributed by atoms with Crippen LogP contribution in [-0.4, -0.2) is 289 Å². The smallest absolute Gasteiger partial charge is 0.326 e. The number of benzene rings is 2. The highest BCUT2D eigenvalue weighted by Crippen LogP contribution is 2.29. The maximum atomic E-state index is 14.1. The Kier molecular flexibility index (Phi) is 35.8. The molecular formula is C64H92N12O25. The average molecular weight is 1430 g/mol. The summed E-state index contributed by atoms with van der Waals surface area (Å²) in [6.07, 6.45) is -3.20. The van der Waals surface area contributed by atoms with Crippen LogP contribution < -0.4 is 42.5 Å². The van der Waals surface area contributed by atoms with Crippen LogP contribution in [0.1, 0.15) is 102 Å². The number of carbonyl (C=O) groups excluding carboxylic acids is 7. The third-order valence-corrected chi connectivity index (χ3v) is 17.0. The minimum absolute atomic E-state index is 0.00843. The van der Waals surface area contributed by atoms with E-state index in [0.29, 0.717) is 31.2 Å². The minimum atomic E-state index is -1.77. The maximum Gasteiger partial charge on any atom is 0.326 e. The van der Waals surface area contributed by atoms with Crippen LogP contribution in [-0.2, 0) is 78.3 Å². The monoisotopic (exact) mass is 1430 g/mol. The van der Waals surface area contributed by atoms with E-state index in [2.05, 4.69) is 42.5 Å². The zero-order chi connectivity index (χ0) is 74.7. The number of nitrogens with zero attached hydrogens (tertiary/aromatic N) is 4. The van der Waals surface area contributed by atoms with Crippen molar-refractivity contribution in [3.63, 3.8) is 0 Å². The predicted octanol–water partition coefficient (Wildman–Crippen LogP) is -2.33. The Morgan fingerprint density at radius 2 is 0.792 bits per heavy atom. The van der Waals surface area contributed by atoms with Gasteiger partial charge in [0.1, 0.15) is 36.3 Å². The van der Waals surface area contributed by atoms with Crippen LogP contribution in [0.15, 0.2) is 42.5 Å². The van der Waals surface area contributed by atoms with Crippen molar-refractivity contribution in [1.82, 2.24) is 62.1 Å². The van der Waals surface area contributed by atoms with Gasteiger partial charge in [-0.2, -0.15) is 0 Å². The molecule has 4 rings (SSSR count). The molecule has 37 heteroatoms. The summed E-state index contributed by atoms with van der Waals surface area (Å²) in [6.45, 7) is -1.51. The fourth-order valence-electron chi connectivity index (χ4n) is 11.4. The van der Waals surface area contributed by atoms with Gasteiger partial charge in [-0.3, -0.25) is 81.9 Å². The summed E-state index contributed by atoms with van der Waals surface area (Å²) < 4.78 is 0. The van der Waals surface area contributed by atoms with Gasteiger partial charge in [0.05, 0.1) is 26.2 Å². The van der Waals surface area contributed by atoms with Crippen molar-refractivity contribution in [2.24, 2.45) is 11.8 Å². The largest absolute Gasteiger partial charge is 0.481 e. The number of fused-ring (bicyclic) bond motifs is 1. The highest BCUT2D eigenvalue weighted by molar-refractivity contribution is 5.95. The fourth-order valence-corrected chi connectivity index (χ4v) is 11.4. The van der Waals surface area contributed by atoms with Crippen LogP contribution >= 0.6 is 0 Å². The Bertz CT molecular complexity index is 3210. The Hall–Kier alpha value is -10.1. The normalized spacial score (nSPS) is 17.5. The van der Waals surface area contributed by atoms with E-state index in [9.17, 15) is 118 Å². The zero-order valence-corrected chi connectivity index (χ0v) is 55.7. The number of hydrogen-bond acceptors (Lipinski definition) is 20. The van der Waals surface area contributed by atoms with E-state index in [1.54, 1.807) is 0 Å². The standard InChI is InChI=1S/C64H92N12O25/c77-49(34-73-23-25-74(35-54(86)87)27-29-76(37-56(90)91)30-28-75(26-24-73)36-55(88)89)67-44(15-19-51(80)81)60(95)69-45(16-20-52(82)83)61(96)68-43(14-18-50(78)79)58(93)66-33-38-8-12-41(13-9-38)57(92)70-48(32-39-10-11-40-5-1-2-6-42(40)31-39)59(94)65-22-4-3-7-46(62(97)98)71-64(101)72-47(63(99)100)17-21-53(84)85/h1-2,5-6,10-11,31,38,41,43-48H,3-4,7-9,12-30,32-37H2,(H,65,94)(H,66,93)(H,67,77)(H,68,96)(H,69,95)(H,70,92)(H,78,79)(H,80,81)(H,82,83)(H,84,85)(H,86,87)(H,88,89)(H,90,91)(H,97,98)(H,99,100)(H2,71,72,101). The number of hydrogen-bond donors (Lipinski definition) is 17. The number of carboxylic acids is 9. The first-order valence-corrected chi connectivity index (χ1v) is 33.0. The van der Waals surface area contributed by atoms with E-state index < -0.39 is 215 Å². The lowest BCUT2D eigenvalue weighted by Gasteiger charge is -2.33. The van der Waals surface area contributed by atoms with E-state index in [1.165, 1.54) is 19.6 Å². The van der Waals surface area contributed by atoms with Gasteiger partial charge in [-0.05, 0) is 92.9 Å². The van der Waals surface area contributed by atoms with Gasteiger partial charge in [0.15, 0.2) is 0 Å². The van der Waals surface area contributed by atoms with E-state index in [1.807, 2.05) is 42.5 Å². The van der Waals surface area contributed by atoms with Crippen LogP contribution in [0.3, 0.4) is 0 Å². The van der Waals surface area contributed by atoms with Crippen LogP contribution in [0.4, 0.5) is 4.79 Å². The van der Waals surface area contributed by atoms with Crippen molar-refractivity contribution < 1.29 is 123 Å². The van der Waals surface area contributed by atoms with Gasteiger partial charge in [-0.1, -0.05) is 42.5 Å².